The summed E-state index contributed by atoms with van der Waals surface area (Å²) in [6, 6.07) is 7.20. The third-order valence-electron chi connectivity index (χ3n) is 3.61. The second kappa shape index (κ2) is 7.78. The zero-order valence-electron chi connectivity index (χ0n) is 13.9. The average Bonchev–Trinajstić information content (AvgIpc) is 3.03. The summed E-state index contributed by atoms with van der Waals surface area (Å²) in [5, 5.41) is 15.3. The van der Waals surface area contributed by atoms with E-state index in [1.807, 2.05) is 6.92 Å². The van der Waals surface area contributed by atoms with Crippen LogP contribution in [0.1, 0.15) is 42.9 Å². The van der Waals surface area contributed by atoms with E-state index in [4.69, 9.17) is 9.26 Å². The van der Waals surface area contributed by atoms with Gasteiger partial charge < -0.3 is 19.7 Å². The lowest BCUT2D eigenvalue weighted by Crippen LogP contribution is -2.52. The smallest absolute Gasteiger partial charge is 0.329 e. The van der Waals surface area contributed by atoms with Crippen molar-refractivity contribution in [3.63, 3.8) is 0 Å². The average molecular weight is 350 g/mol. The van der Waals surface area contributed by atoms with Crippen molar-refractivity contribution in [3.8, 4) is 5.75 Å². The lowest BCUT2D eigenvalue weighted by Gasteiger charge is -2.25. The van der Waals surface area contributed by atoms with Gasteiger partial charge in [-0.1, -0.05) is 30.6 Å². The van der Waals surface area contributed by atoms with Crippen LogP contribution in [-0.4, -0.2) is 27.7 Å². The number of carboxylic acid groups (broad SMARTS) is 1. The molecule has 0 fully saturated rings. The number of benzene rings is 1. The number of hydrogen-bond donors (Lipinski definition) is 2. The van der Waals surface area contributed by atoms with Gasteiger partial charge >= 0.3 is 5.97 Å². The van der Waals surface area contributed by atoms with Gasteiger partial charge in [-0.3, -0.25) is 4.79 Å². The van der Waals surface area contributed by atoms with E-state index in [2.05, 4.69) is 10.5 Å². The summed E-state index contributed by atoms with van der Waals surface area (Å²) in [4.78, 5) is 23.5. The van der Waals surface area contributed by atoms with E-state index in [0.717, 1.165) is 0 Å². The number of carbonyl (C=O) groups excluding carboxylic acids is 1. The van der Waals surface area contributed by atoms with Crippen molar-refractivity contribution in [1.29, 1.82) is 0 Å². The first-order valence-electron chi connectivity index (χ1n) is 7.74. The molecule has 0 radical (unpaired) electrons. The van der Waals surface area contributed by atoms with E-state index in [0.29, 0.717) is 6.42 Å². The lowest BCUT2D eigenvalue weighted by atomic mass is 9.96. The number of nitrogens with zero attached hydrogens (tertiary/aromatic N) is 1. The largest absolute Gasteiger partial charge is 0.482 e. The molecule has 2 aromatic rings. The van der Waals surface area contributed by atoms with Crippen molar-refractivity contribution >= 4 is 11.9 Å². The number of nitrogens with one attached hydrogen (secondary N) is 1. The van der Waals surface area contributed by atoms with Gasteiger partial charge in [-0.2, -0.15) is 0 Å². The molecule has 1 aromatic carbocycles. The Balaban J connectivity index is 2.01. The molecule has 0 aliphatic heterocycles. The van der Waals surface area contributed by atoms with E-state index in [1.54, 1.807) is 6.07 Å². The zero-order chi connectivity index (χ0) is 18.4. The molecular formula is C17H19FN2O5. The van der Waals surface area contributed by atoms with Crippen LogP contribution in [0.3, 0.4) is 0 Å². The minimum Gasteiger partial charge on any atom is -0.482 e. The molecule has 25 heavy (non-hydrogen) atoms. The highest BCUT2D eigenvalue weighted by Crippen LogP contribution is 2.18. The van der Waals surface area contributed by atoms with E-state index in [1.165, 1.54) is 31.2 Å². The van der Waals surface area contributed by atoms with E-state index in [-0.39, 0.29) is 30.2 Å². The number of halogens is 1. The minimum atomic E-state index is -1.39. The Hall–Kier alpha value is -2.90. The third-order valence-corrected chi connectivity index (χ3v) is 3.61. The van der Waals surface area contributed by atoms with Crippen LogP contribution in [-0.2, 0) is 11.4 Å². The molecule has 1 aromatic heterocycles. The predicted molar refractivity (Wildman–Crippen MR) is 85.7 cm³/mol. The first-order valence-corrected chi connectivity index (χ1v) is 7.74. The number of hydrogen-bond acceptors (Lipinski definition) is 5. The molecule has 0 bridgehead atoms. The molecule has 7 nitrogen and oxygen atoms in total. The zero-order valence-corrected chi connectivity index (χ0v) is 13.9. The predicted octanol–water partition coefficient (Wildman–Crippen LogP) is 2.77. The van der Waals surface area contributed by atoms with E-state index >= 15 is 0 Å². The number of aliphatic carboxylic acids is 1. The topological polar surface area (TPSA) is 102 Å². The highest BCUT2D eigenvalue weighted by Gasteiger charge is 2.34. The van der Waals surface area contributed by atoms with Gasteiger partial charge in [-0.05, 0) is 25.5 Å². The Morgan fingerprint density at radius 2 is 2.12 bits per heavy atom. The standard InChI is InChI=1S/C17H19FN2O5/c1-3-8-17(2,16(22)23)19-15(21)13-9-11(25-20-13)10-24-14-7-5-4-6-12(14)18/h4-7,9H,3,8,10H2,1-2H3,(H,19,21)(H,22,23). The summed E-state index contributed by atoms with van der Waals surface area (Å²) in [6.45, 7) is 3.13. The molecule has 1 atom stereocenters. The Labute approximate surface area is 143 Å². The fraction of sp³-hybridized carbons (Fsp3) is 0.353. The van der Waals surface area contributed by atoms with Crippen LogP contribution < -0.4 is 10.1 Å². The van der Waals surface area contributed by atoms with Crippen molar-refractivity contribution in [2.24, 2.45) is 0 Å². The highest BCUT2D eigenvalue weighted by atomic mass is 19.1. The highest BCUT2D eigenvalue weighted by molar-refractivity contribution is 5.96. The van der Waals surface area contributed by atoms with Crippen LogP contribution >= 0.6 is 0 Å². The number of amides is 1. The van der Waals surface area contributed by atoms with Gasteiger partial charge in [0, 0.05) is 6.07 Å². The van der Waals surface area contributed by atoms with Crippen LogP contribution in [0.25, 0.3) is 0 Å². The van der Waals surface area contributed by atoms with Crippen LogP contribution in [0.15, 0.2) is 34.9 Å². The lowest BCUT2D eigenvalue weighted by molar-refractivity contribution is -0.144. The van der Waals surface area contributed by atoms with Crippen molar-refractivity contribution < 1.29 is 28.3 Å². The Kier molecular flexibility index (Phi) is 5.74. The van der Waals surface area contributed by atoms with Crippen LogP contribution in [0.2, 0.25) is 0 Å². The maximum Gasteiger partial charge on any atom is 0.329 e. The molecule has 8 heteroatoms. The summed E-state index contributed by atoms with van der Waals surface area (Å²) in [6.07, 6.45) is 0.860. The molecule has 2 rings (SSSR count). The Morgan fingerprint density at radius 1 is 1.40 bits per heavy atom. The number of rotatable bonds is 8. The summed E-state index contributed by atoms with van der Waals surface area (Å²) in [7, 11) is 0. The SMILES string of the molecule is CCCC(C)(NC(=O)c1cc(COc2ccccc2F)on1)C(=O)O. The minimum absolute atomic E-state index is 0.0475. The molecule has 134 valence electrons. The molecule has 0 aliphatic carbocycles. The molecular weight excluding hydrogens is 331 g/mol. The summed E-state index contributed by atoms with van der Waals surface area (Å²) < 4.78 is 23.7. The van der Waals surface area contributed by atoms with Crippen molar-refractivity contribution in [3.05, 3.63) is 47.6 Å². The Morgan fingerprint density at radius 3 is 2.76 bits per heavy atom. The molecule has 0 saturated carbocycles. The summed E-state index contributed by atoms with van der Waals surface area (Å²) in [5.74, 6) is -2.06. The summed E-state index contributed by atoms with van der Waals surface area (Å²) in [5.41, 5.74) is -1.47. The van der Waals surface area contributed by atoms with Gasteiger partial charge in [0.15, 0.2) is 23.0 Å². The molecule has 2 N–H and O–H groups in total. The van der Waals surface area contributed by atoms with Gasteiger partial charge in [0.1, 0.15) is 12.1 Å². The number of aromatic nitrogens is 1. The second-order valence-electron chi connectivity index (χ2n) is 5.74. The van der Waals surface area contributed by atoms with Crippen LogP contribution in [0.4, 0.5) is 4.39 Å². The molecule has 0 saturated heterocycles. The molecule has 0 aliphatic rings. The fourth-order valence-corrected chi connectivity index (χ4v) is 2.24. The molecule has 1 unspecified atom stereocenters. The van der Waals surface area contributed by atoms with Gasteiger partial charge in [0.25, 0.3) is 5.91 Å². The number of para-hydroxylation sites is 1. The quantitative estimate of drug-likeness (QED) is 0.759. The van der Waals surface area contributed by atoms with Gasteiger partial charge in [0.05, 0.1) is 0 Å². The monoisotopic (exact) mass is 350 g/mol. The molecule has 1 amide bonds. The summed E-state index contributed by atoms with van der Waals surface area (Å²) >= 11 is 0. The van der Waals surface area contributed by atoms with Crippen molar-refractivity contribution in [2.75, 3.05) is 0 Å². The number of carboxylic acids is 1. The van der Waals surface area contributed by atoms with Crippen molar-refractivity contribution in [1.82, 2.24) is 10.5 Å². The maximum absolute atomic E-state index is 13.5. The van der Waals surface area contributed by atoms with Gasteiger partial charge in [0.2, 0.25) is 0 Å². The number of carbonyl (C=O) groups is 2. The Bertz CT molecular complexity index is 761. The van der Waals surface area contributed by atoms with E-state index < -0.39 is 23.2 Å². The van der Waals surface area contributed by atoms with Crippen LogP contribution in [0.5, 0.6) is 5.75 Å². The second-order valence-corrected chi connectivity index (χ2v) is 5.74. The number of ether oxygens (including phenoxy) is 1. The molecule has 1 heterocycles. The van der Waals surface area contributed by atoms with E-state index in [9.17, 15) is 19.1 Å². The normalized spacial score (nSPS) is 13.1. The van der Waals surface area contributed by atoms with Crippen molar-refractivity contribution in [2.45, 2.75) is 38.8 Å². The van der Waals surface area contributed by atoms with Crippen LogP contribution in [0, 0.1) is 5.82 Å². The first-order chi connectivity index (χ1) is 11.9. The third kappa shape index (κ3) is 4.56. The maximum atomic E-state index is 13.5. The molecule has 0 spiro atoms. The van der Waals surface area contributed by atoms with Gasteiger partial charge in [-0.25, -0.2) is 9.18 Å². The first kappa shape index (κ1) is 18.4. The fourth-order valence-electron chi connectivity index (χ4n) is 2.24. The van der Waals surface area contributed by atoms with Gasteiger partial charge in [-0.15, -0.1) is 0 Å².